The van der Waals surface area contributed by atoms with Crippen LogP contribution in [0.4, 0.5) is 5.69 Å². The van der Waals surface area contributed by atoms with Gasteiger partial charge in [-0.2, -0.15) is 4.31 Å². The molecule has 0 unspecified atom stereocenters. The van der Waals surface area contributed by atoms with E-state index in [0.717, 1.165) is 55.0 Å². The molecule has 3 rings (SSSR count). The summed E-state index contributed by atoms with van der Waals surface area (Å²) in [6.07, 6.45) is 3.76. The predicted molar refractivity (Wildman–Crippen MR) is 91.2 cm³/mol. The van der Waals surface area contributed by atoms with Gasteiger partial charge in [0.15, 0.2) is 0 Å². The van der Waals surface area contributed by atoms with Crippen LogP contribution in [0.1, 0.15) is 31.2 Å². The average Bonchev–Trinajstić information content (AvgIpc) is 3.02. The Morgan fingerprint density at radius 3 is 2.32 bits per heavy atom. The van der Waals surface area contributed by atoms with E-state index in [4.69, 9.17) is 11.6 Å². The van der Waals surface area contributed by atoms with Crippen LogP contribution in [0, 0.1) is 6.92 Å². The Balaban J connectivity index is 1.67. The number of rotatable bonds is 3. The van der Waals surface area contributed by atoms with Crippen LogP contribution in [0.2, 0.25) is 5.02 Å². The number of aryl methyl sites for hydroxylation is 1. The minimum atomic E-state index is -3.10. The van der Waals surface area contributed by atoms with E-state index in [1.807, 2.05) is 25.1 Å². The summed E-state index contributed by atoms with van der Waals surface area (Å²) >= 11 is 6.01. The number of hydrogen-bond acceptors (Lipinski definition) is 3. The van der Waals surface area contributed by atoms with E-state index in [1.165, 1.54) is 0 Å². The Hall–Kier alpha value is -0.780. The van der Waals surface area contributed by atoms with Crippen LogP contribution in [0.5, 0.6) is 0 Å². The number of benzene rings is 1. The van der Waals surface area contributed by atoms with Crippen molar-refractivity contribution in [3.8, 4) is 0 Å². The summed E-state index contributed by atoms with van der Waals surface area (Å²) in [5.74, 6) is 0. The fraction of sp³-hybridized carbons (Fsp3) is 0.625. The van der Waals surface area contributed by atoms with Gasteiger partial charge in [-0.1, -0.05) is 24.4 Å². The molecule has 0 spiro atoms. The topological polar surface area (TPSA) is 40.6 Å². The van der Waals surface area contributed by atoms with Crippen LogP contribution >= 0.6 is 11.6 Å². The Bertz CT molecular complexity index is 634. The number of nitrogens with zero attached hydrogens (tertiary/aromatic N) is 2. The predicted octanol–water partition coefficient (Wildman–Crippen LogP) is 3.04. The van der Waals surface area contributed by atoms with Crippen molar-refractivity contribution in [2.24, 2.45) is 0 Å². The molecule has 1 heterocycles. The molecule has 0 aromatic heterocycles. The maximum atomic E-state index is 12.6. The van der Waals surface area contributed by atoms with Gasteiger partial charge in [0, 0.05) is 36.9 Å². The van der Waals surface area contributed by atoms with Gasteiger partial charge in [-0.3, -0.25) is 0 Å². The highest BCUT2D eigenvalue weighted by atomic mass is 35.5. The van der Waals surface area contributed by atoms with Crippen molar-refractivity contribution in [2.75, 3.05) is 31.1 Å². The van der Waals surface area contributed by atoms with Gasteiger partial charge in [0.25, 0.3) is 0 Å². The zero-order chi connectivity index (χ0) is 15.7. The van der Waals surface area contributed by atoms with E-state index in [9.17, 15) is 8.42 Å². The van der Waals surface area contributed by atoms with Crippen molar-refractivity contribution in [1.82, 2.24) is 4.31 Å². The SMILES string of the molecule is Cc1cc(Cl)ccc1N1CCN(S(=O)(=O)C2CCCC2)CC1. The quantitative estimate of drug-likeness (QED) is 0.847. The van der Waals surface area contributed by atoms with Crippen LogP contribution < -0.4 is 4.90 Å². The van der Waals surface area contributed by atoms with Gasteiger partial charge in [0.05, 0.1) is 5.25 Å². The highest BCUT2D eigenvalue weighted by molar-refractivity contribution is 7.89. The highest BCUT2D eigenvalue weighted by Gasteiger charge is 2.35. The van der Waals surface area contributed by atoms with Crippen LogP contribution in [-0.4, -0.2) is 44.2 Å². The minimum Gasteiger partial charge on any atom is -0.369 e. The first-order chi connectivity index (χ1) is 10.5. The molecule has 122 valence electrons. The zero-order valence-corrected chi connectivity index (χ0v) is 14.5. The lowest BCUT2D eigenvalue weighted by Gasteiger charge is -2.37. The van der Waals surface area contributed by atoms with E-state index in [2.05, 4.69) is 4.90 Å². The fourth-order valence-electron chi connectivity index (χ4n) is 3.55. The lowest BCUT2D eigenvalue weighted by Crippen LogP contribution is -2.51. The standard InChI is InChI=1S/C16H23ClN2O2S/c1-13-12-14(17)6-7-16(13)18-8-10-19(11-9-18)22(20,21)15-4-2-3-5-15/h6-7,12,15H,2-5,8-11H2,1H3. The van der Waals surface area contributed by atoms with Crippen molar-refractivity contribution in [2.45, 2.75) is 37.9 Å². The van der Waals surface area contributed by atoms with Crippen molar-refractivity contribution in [3.63, 3.8) is 0 Å². The summed E-state index contributed by atoms with van der Waals surface area (Å²) in [6, 6.07) is 5.88. The molecule has 0 amide bonds. The Labute approximate surface area is 138 Å². The summed E-state index contributed by atoms with van der Waals surface area (Å²) in [5, 5.41) is 0.597. The van der Waals surface area contributed by atoms with Crippen molar-refractivity contribution < 1.29 is 8.42 Å². The van der Waals surface area contributed by atoms with E-state index in [1.54, 1.807) is 4.31 Å². The molecule has 2 fully saturated rings. The molecule has 4 nitrogen and oxygen atoms in total. The third kappa shape index (κ3) is 3.12. The molecule has 0 atom stereocenters. The molecule has 1 aliphatic carbocycles. The van der Waals surface area contributed by atoms with E-state index in [-0.39, 0.29) is 5.25 Å². The second kappa shape index (κ2) is 6.38. The largest absolute Gasteiger partial charge is 0.369 e. The molecule has 1 saturated carbocycles. The lowest BCUT2D eigenvalue weighted by molar-refractivity contribution is 0.378. The molecular weight excluding hydrogens is 320 g/mol. The monoisotopic (exact) mass is 342 g/mol. The van der Waals surface area contributed by atoms with E-state index >= 15 is 0 Å². The molecule has 1 aromatic rings. The number of anilines is 1. The second-order valence-electron chi connectivity index (χ2n) is 6.27. The smallest absolute Gasteiger partial charge is 0.217 e. The second-order valence-corrected chi connectivity index (χ2v) is 8.92. The first-order valence-electron chi connectivity index (χ1n) is 7.98. The first-order valence-corrected chi connectivity index (χ1v) is 9.86. The number of sulfonamides is 1. The van der Waals surface area contributed by atoms with Gasteiger partial charge < -0.3 is 4.90 Å². The first kappa shape index (κ1) is 16.1. The van der Waals surface area contributed by atoms with E-state index < -0.39 is 10.0 Å². The van der Waals surface area contributed by atoms with Gasteiger partial charge in [-0.05, 0) is 43.5 Å². The molecule has 0 N–H and O–H groups in total. The summed E-state index contributed by atoms with van der Waals surface area (Å²) in [4.78, 5) is 2.26. The van der Waals surface area contributed by atoms with Gasteiger partial charge >= 0.3 is 0 Å². The van der Waals surface area contributed by atoms with Crippen molar-refractivity contribution >= 4 is 27.3 Å². The fourth-order valence-corrected chi connectivity index (χ4v) is 5.80. The summed E-state index contributed by atoms with van der Waals surface area (Å²) in [7, 11) is -3.10. The van der Waals surface area contributed by atoms with Crippen LogP contribution in [-0.2, 0) is 10.0 Å². The third-order valence-electron chi connectivity index (χ3n) is 4.82. The summed E-state index contributed by atoms with van der Waals surface area (Å²) in [6.45, 7) is 4.70. The maximum Gasteiger partial charge on any atom is 0.217 e. The normalized spacial score (nSPS) is 21.5. The Kier molecular flexibility index (Phi) is 4.67. The minimum absolute atomic E-state index is 0.142. The van der Waals surface area contributed by atoms with E-state index in [0.29, 0.717) is 13.1 Å². The zero-order valence-electron chi connectivity index (χ0n) is 13.0. The number of halogens is 1. The number of hydrogen-bond donors (Lipinski definition) is 0. The molecular formula is C16H23ClN2O2S. The van der Waals surface area contributed by atoms with Crippen molar-refractivity contribution in [3.05, 3.63) is 28.8 Å². The van der Waals surface area contributed by atoms with Gasteiger partial charge in [-0.25, -0.2) is 8.42 Å². The Morgan fingerprint density at radius 1 is 1.09 bits per heavy atom. The summed E-state index contributed by atoms with van der Waals surface area (Å²) < 4.78 is 27.0. The maximum absolute atomic E-state index is 12.6. The van der Waals surface area contributed by atoms with Crippen LogP contribution in [0.15, 0.2) is 18.2 Å². The van der Waals surface area contributed by atoms with Gasteiger partial charge in [-0.15, -0.1) is 0 Å². The molecule has 1 aliphatic heterocycles. The molecule has 0 radical (unpaired) electrons. The highest BCUT2D eigenvalue weighted by Crippen LogP contribution is 2.29. The van der Waals surface area contributed by atoms with Crippen LogP contribution in [0.3, 0.4) is 0 Å². The van der Waals surface area contributed by atoms with Crippen molar-refractivity contribution in [1.29, 1.82) is 0 Å². The number of piperazine rings is 1. The average molecular weight is 343 g/mol. The molecule has 2 aliphatic rings. The molecule has 22 heavy (non-hydrogen) atoms. The lowest BCUT2D eigenvalue weighted by atomic mass is 10.1. The van der Waals surface area contributed by atoms with Gasteiger partial charge in [0.2, 0.25) is 10.0 Å². The van der Waals surface area contributed by atoms with Gasteiger partial charge in [0.1, 0.15) is 0 Å². The summed E-state index contributed by atoms with van der Waals surface area (Å²) in [5.41, 5.74) is 2.29. The molecule has 1 aromatic carbocycles. The molecule has 1 saturated heterocycles. The van der Waals surface area contributed by atoms with Crippen LogP contribution in [0.25, 0.3) is 0 Å². The third-order valence-corrected chi connectivity index (χ3v) is 7.46. The Morgan fingerprint density at radius 2 is 1.73 bits per heavy atom. The molecule has 0 bridgehead atoms. The molecule has 6 heteroatoms.